The molecular weight excluding hydrogens is 350 g/mol. The molecule has 0 atom stereocenters. The minimum absolute atomic E-state index is 0.103. The third-order valence-electron chi connectivity index (χ3n) is 3.56. The van der Waals surface area contributed by atoms with Crippen LogP contribution in [-0.2, 0) is 4.79 Å². The van der Waals surface area contributed by atoms with Gasteiger partial charge in [-0.1, -0.05) is 17.7 Å². The highest BCUT2D eigenvalue weighted by Gasteiger charge is 2.03. The third-order valence-corrected chi connectivity index (χ3v) is 3.97. The molecule has 7 heteroatoms. The summed E-state index contributed by atoms with van der Waals surface area (Å²) in [6.45, 7) is 3.42. The molecule has 0 aliphatic carbocycles. The molecule has 0 radical (unpaired) electrons. The molecule has 0 fully saturated rings. The largest absolute Gasteiger partial charge is 0.340 e. The Labute approximate surface area is 156 Å². The van der Waals surface area contributed by atoms with Gasteiger partial charge >= 0.3 is 0 Å². The molecule has 0 saturated heterocycles. The monoisotopic (exact) mass is 367 g/mol. The number of rotatable bonds is 5. The molecule has 1 aromatic heterocycles. The van der Waals surface area contributed by atoms with E-state index in [0.717, 1.165) is 22.6 Å². The lowest BCUT2D eigenvalue weighted by Gasteiger charge is -2.10. The smallest absolute Gasteiger partial charge is 0.229 e. The number of carbonyl (C=O) groups excluding carboxylic acids is 1. The summed E-state index contributed by atoms with van der Waals surface area (Å²) in [5.74, 6) is 1.01. The van der Waals surface area contributed by atoms with E-state index in [-0.39, 0.29) is 5.91 Å². The minimum atomic E-state index is -0.103. The second-order valence-corrected chi connectivity index (χ2v) is 6.15. The molecule has 3 rings (SSSR count). The number of nitrogens with zero attached hydrogens (tertiary/aromatic N) is 2. The fraction of sp³-hybridized carbons (Fsp3) is 0.105. The van der Waals surface area contributed by atoms with Crippen LogP contribution in [0.1, 0.15) is 12.5 Å². The number of amides is 1. The van der Waals surface area contributed by atoms with Gasteiger partial charge in [-0.25, -0.2) is 4.98 Å². The molecule has 132 valence electrons. The lowest BCUT2D eigenvalue weighted by atomic mass is 10.2. The second kappa shape index (κ2) is 7.84. The van der Waals surface area contributed by atoms with Crippen LogP contribution >= 0.6 is 11.6 Å². The summed E-state index contributed by atoms with van der Waals surface area (Å²) in [5.41, 5.74) is 3.42. The fourth-order valence-electron chi connectivity index (χ4n) is 2.28. The van der Waals surface area contributed by atoms with E-state index >= 15 is 0 Å². The Morgan fingerprint density at radius 1 is 0.962 bits per heavy atom. The molecule has 0 bridgehead atoms. The summed E-state index contributed by atoms with van der Waals surface area (Å²) in [6, 6.07) is 14.8. The van der Waals surface area contributed by atoms with Crippen molar-refractivity contribution < 1.29 is 4.79 Å². The minimum Gasteiger partial charge on any atom is -0.340 e. The summed E-state index contributed by atoms with van der Waals surface area (Å²) in [6.07, 6.45) is 1.67. The van der Waals surface area contributed by atoms with E-state index in [9.17, 15) is 4.79 Å². The van der Waals surface area contributed by atoms with Gasteiger partial charge in [0.25, 0.3) is 0 Å². The van der Waals surface area contributed by atoms with Crippen LogP contribution in [0.15, 0.2) is 54.7 Å². The first kappa shape index (κ1) is 17.7. The van der Waals surface area contributed by atoms with Crippen molar-refractivity contribution in [2.45, 2.75) is 13.8 Å². The summed E-state index contributed by atoms with van der Waals surface area (Å²) in [4.78, 5) is 19.7. The van der Waals surface area contributed by atoms with Gasteiger partial charge in [0.15, 0.2) is 0 Å². The molecule has 0 aliphatic heterocycles. The Kier molecular flexibility index (Phi) is 5.34. The highest BCUT2D eigenvalue weighted by Crippen LogP contribution is 2.23. The Hall–Kier alpha value is -3.12. The zero-order valence-electron chi connectivity index (χ0n) is 14.4. The molecule has 1 amide bonds. The maximum atomic E-state index is 11.1. The third kappa shape index (κ3) is 4.70. The van der Waals surface area contributed by atoms with E-state index in [4.69, 9.17) is 11.6 Å². The van der Waals surface area contributed by atoms with Crippen molar-refractivity contribution in [3.8, 4) is 0 Å². The Morgan fingerprint density at radius 3 is 2.35 bits per heavy atom. The van der Waals surface area contributed by atoms with E-state index in [1.165, 1.54) is 6.92 Å². The van der Waals surface area contributed by atoms with Gasteiger partial charge < -0.3 is 16.0 Å². The maximum absolute atomic E-state index is 11.1. The van der Waals surface area contributed by atoms with Crippen molar-refractivity contribution in [3.05, 3.63) is 65.3 Å². The number of halogens is 1. The van der Waals surface area contributed by atoms with Crippen LogP contribution in [0.2, 0.25) is 5.02 Å². The Balaban J connectivity index is 1.70. The molecule has 0 spiro atoms. The molecule has 3 aromatic rings. The van der Waals surface area contributed by atoms with Crippen LogP contribution < -0.4 is 16.0 Å². The average Bonchev–Trinajstić information content (AvgIpc) is 2.60. The molecule has 3 N–H and O–H groups in total. The first-order valence-electron chi connectivity index (χ1n) is 8.00. The lowest BCUT2D eigenvalue weighted by Crippen LogP contribution is -2.05. The van der Waals surface area contributed by atoms with Crippen LogP contribution in [0.25, 0.3) is 0 Å². The van der Waals surface area contributed by atoms with E-state index in [0.29, 0.717) is 16.8 Å². The molecule has 0 aliphatic rings. The van der Waals surface area contributed by atoms with Crippen LogP contribution in [0, 0.1) is 6.92 Å². The number of anilines is 5. The SMILES string of the molecule is CC(=O)Nc1ccc(Nc2ccnc(Nc3ccc(C)c(Cl)c3)n2)cc1. The standard InChI is InChI=1S/C19H18ClN5O/c1-12-3-4-16(11-17(12)20)24-19-21-10-9-18(25-19)23-15-7-5-14(6-8-15)22-13(2)26/h3-11H,1-2H3,(H,22,26)(H2,21,23,24,25). The second-order valence-electron chi connectivity index (χ2n) is 5.74. The van der Waals surface area contributed by atoms with Gasteiger partial charge in [-0.05, 0) is 55.0 Å². The normalized spacial score (nSPS) is 10.3. The predicted octanol–water partition coefficient (Wildman–Crippen LogP) is 4.88. The summed E-state index contributed by atoms with van der Waals surface area (Å²) >= 11 is 6.14. The summed E-state index contributed by atoms with van der Waals surface area (Å²) in [5, 5.41) is 9.75. The molecule has 26 heavy (non-hydrogen) atoms. The summed E-state index contributed by atoms with van der Waals surface area (Å²) < 4.78 is 0. The van der Waals surface area contributed by atoms with Gasteiger partial charge in [0, 0.05) is 35.2 Å². The lowest BCUT2D eigenvalue weighted by molar-refractivity contribution is -0.114. The van der Waals surface area contributed by atoms with Crippen molar-refractivity contribution in [3.63, 3.8) is 0 Å². The summed E-state index contributed by atoms with van der Waals surface area (Å²) in [7, 11) is 0. The van der Waals surface area contributed by atoms with Crippen molar-refractivity contribution in [1.82, 2.24) is 9.97 Å². The number of benzene rings is 2. The highest BCUT2D eigenvalue weighted by atomic mass is 35.5. The van der Waals surface area contributed by atoms with Crippen LogP contribution in [0.3, 0.4) is 0 Å². The van der Waals surface area contributed by atoms with Crippen LogP contribution in [-0.4, -0.2) is 15.9 Å². The van der Waals surface area contributed by atoms with Crippen LogP contribution in [0.5, 0.6) is 0 Å². The molecule has 0 saturated carbocycles. The van der Waals surface area contributed by atoms with Crippen LogP contribution in [0.4, 0.5) is 28.8 Å². The van der Waals surface area contributed by atoms with E-state index in [1.54, 1.807) is 12.3 Å². The molecule has 2 aromatic carbocycles. The topological polar surface area (TPSA) is 78.9 Å². The van der Waals surface area contributed by atoms with E-state index in [1.807, 2.05) is 49.4 Å². The zero-order chi connectivity index (χ0) is 18.5. The van der Waals surface area contributed by atoms with E-state index < -0.39 is 0 Å². The highest BCUT2D eigenvalue weighted by molar-refractivity contribution is 6.31. The molecule has 1 heterocycles. The Morgan fingerprint density at radius 2 is 1.65 bits per heavy atom. The fourth-order valence-corrected chi connectivity index (χ4v) is 2.46. The molecule has 0 unspecified atom stereocenters. The van der Waals surface area contributed by atoms with Gasteiger partial charge in [0.05, 0.1) is 0 Å². The van der Waals surface area contributed by atoms with Crippen molar-refractivity contribution >= 4 is 46.3 Å². The number of aryl methyl sites for hydroxylation is 1. The zero-order valence-corrected chi connectivity index (χ0v) is 15.1. The first-order valence-corrected chi connectivity index (χ1v) is 8.38. The quantitative estimate of drug-likeness (QED) is 0.598. The Bertz CT molecular complexity index is 927. The van der Waals surface area contributed by atoms with Gasteiger partial charge in [0.1, 0.15) is 5.82 Å². The first-order chi connectivity index (χ1) is 12.5. The van der Waals surface area contributed by atoms with Gasteiger partial charge in [0.2, 0.25) is 11.9 Å². The number of nitrogens with one attached hydrogen (secondary N) is 3. The maximum Gasteiger partial charge on any atom is 0.229 e. The number of aromatic nitrogens is 2. The predicted molar refractivity (Wildman–Crippen MR) is 106 cm³/mol. The van der Waals surface area contributed by atoms with Gasteiger partial charge in [-0.3, -0.25) is 4.79 Å². The van der Waals surface area contributed by atoms with Crippen molar-refractivity contribution in [2.75, 3.05) is 16.0 Å². The van der Waals surface area contributed by atoms with Gasteiger partial charge in [-0.15, -0.1) is 0 Å². The van der Waals surface area contributed by atoms with Crippen molar-refractivity contribution in [1.29, 1.82) is 0 Å². The number of hydrogen-bond acceptors (Lipinski definition) is 5. The molecule has 6 nitrogen and oxygen atoms in total. The van der Waals surface area contributed by atoms with Gasteiger partial charge in [-0.2, -0.15) is 4.98 Å². The number of carbonyl (C=O) groups is 1. The van der Waals surface area contributed by atoms with Crippen molar-refractivity contribution in [2.24, 2.45) is 0 Å². The number of hydrogen-bond donors (Lipinski definition) is 3. The molecular formula is C19H18ClN5O. The average molecular weight is 368 g/mol. The van der Waals surface area contributed by atoms with E-state index in [2.05, 4.69) is 25.9 Å².